The first-order chi connectivity index (χ1) is 9.54. The highest BCUT2D eigenvalue weighted by atomic mass is 16.3. The SMILES string of the molecule is CC1=CCCN(Cc2cc(CNCC(C)C)oc2C)C1. The molecular formula is C17H28N2O. The normalized spacial score (nSPS) is 16.8. The summed E-state index contributed by atoms with van der Waals surface area (Å²) in [6.45, 7) is 13.8. The zero-order valence-corrected chi connectivity index (χ0v) is 13.3. The molecule has 1 aliphatic heterocycles. The Morgan fingerprint density at radius 2 is 2.15 bits per heavy atom. The summed E-state index contributed by atoms with van der Waals surface area (Å²) in [6, 6.07) is 2.22. The molecule has 0 spiro atoms. The maximum absolute atomic E-state index is 5.86. The Morgan fingerprint density at radius 3 is 2.85 bits per heavy atom. The van der Waals surface area contributed by atoms with Gasteiger partial charge in [-0.1, -0.05) is 25.5 Å². The van der Waals surface area contributed by atoms with Crippen LogP contribution in [0, 0.1) is 12.8 Å². The van der Waals surface area contributed by atoms with E-state index in [0.29, 0.717) is 5.92 Å². The zero-order valence-electron chi connectivity index (χ0n) is 13.3. The molecule has 0 saturated heterocycles. The first-order valence-corrected chi connectivity index (χ1v) is 7.71. The van der Waals surface area contributed by atoms with Crippen LogP contribution in [0.25, 0.3) is 0 Å². The van der Waals surface area contributed by atoms with E-state index < -0.39 is 0 Å². The molecule has 0 amide bonds. The Balaban J connectivity index is 1.89. The smallest absolute Gasteiger partial charge is 0.118 e. The lowest BCUT2D eigenvalue weighted by atomic mass is 10.1. The van der Waals surface area contributed by atoms with Crippen molar-refractivity contribution >= 4 is 0 Å². The molecule has 1 aromatic heterocycles. The number of aryl methyl sites for hydroxylation is 1. The summed E-state index contributed by atoms with van der Waals surface area (Å²) in [5, 5.41) is 3.44. The molecule has 20 heavy (non-hydrogen) atoms. The molecule has 2 rings (SSSR count). The van der Waals surface area contributed by atoms with Crippen LogP contribution in [0.2, 0.25) is 0 Å². The fourth-order valence-electron chi connectivity index (χ4n) is 2.68. The first kappa shape index (κ1) is 15.3. The van der Waals surface area contributed by atoms with Crippen LogP contribution in [0.5, 0.6) is 0 Å². The molecule has 0 aromatic carbocycles. The largest absolute Gasteiger partial charge is 0.465 e. The van der Waals surface area contributed by atoms with Gasteiger partial charge in [0.2, 0.25) is 0 Å². The van der Waals surface area contributed by atoms with Crippen LogP contribution in [0.1, 0.15) is 44.3 Å². The third kappa shape index (κ3) is 4.50. The van der Waals surface area contributed by atoms with Crippen molar-refractivity contribution in [3.05, 3.63) is 34.8 Å². The minimum absolute atomic E-state index is 0.675. The van der Waals surface area contributed by atoms with Gasteiger partial charge >= 0.3 is 0 Å². The summed E-state index contributed by atoms with van der Waals surface area (Å²) >= 11 is 0. The van der Waals surface area contributed by atoms with Crippen LogP contribution in [0.3, 0.4) is 0 Å². The van der Waals surface area contributed by atoms with Gasteiger partial charge in [-0.25, -0.2) is 0 Å². The van der Waals surface area contributed by atoms with E-state index in [1.54, 1.807) is 0 Å². The molecule has 1 aliphatic rings. The van der Waals surface area contributed by atoms with Gasteiger partial charge in [0.1, 0.15) is 11.5 Å². The van der Waals surface area contributed by atoms with Gasteiger partial charge in [-0.2, -0.15) is 0 Å². The van der Waals surface area contributed by atoms with Crippen molar-refractivity contribution in [1.29, 1.82) is 0 Å². The van der Waals surface area contributed by atoms with Crippen molar-refractivity contribution in [2.24, 2.45) is 5.92 Å². The van der Waals surface area contributed by atoms with E-state index in [1.165, 1.54) is 17.6 Å². The quantitative estimate of drug-likeness (QED) is 0.806. The molecule has 0 bridgehead atoms. The summed E-state index contributed by atoms with van der Waals surface area (Å²) < 4.78 is 5.86. The molecule has 0 atom stereocenters. The van der Waals surface area contributed by atoms with Crippen LogP contribution >= 0.6 is 0 Å². The monoisotopic (exact) mass is 276 g/mol. The second-order valence-corrected chi connectivity index (χ2v) is 6.37. The van der Waals surface area contributed by atoms with Crippen LogP contribution in [0.4, 0.5) is 0 Å². The van der Waals surface area contributed by atoms with Gasteiger partial charge in [0.15, 0.2) is 0 Å². The van der Waals surface area contributed by atoms with E-state index >= 15 is 0 Å². The number of rotatable bonds is 6. The molecule has 1 aromatic rings. The molecule has 0 fully saturated rings. The van der Waals surface area contributed by atoms with Crippen LogP contribution < -0.4 is 5.32 Å². The molecule has 2 heterocycles. The zero-order chi connectivity index (χ0) is 14.5. The van der Waals surface area contributed by atoms with E-state index in [4.69, 9.17) is 4.42 Å². The van der Waals surface area contributed by atoms with Gasteiger partial charge < -0.3 is 9.73 Å². The Hall–Kier alpha value is -1.06. The lowest BCUT2D eigenvalue weighted by Gasteiger charge is -2.25. The Kier molecular flexibility index (Phi) is 5.44. The topological polar surface area (TPSA) is 28.4 Å². The molecule has 3 heteroatoms. The van der Waals surface area contributed by atoms with Crippen LogP contribution in [-0.4, -0.2) is 24.5 Å². The van der Waals surface area contributed by atoms with Crippen molar-refractivity contribution in [2.75, 3.05) is 19.6 Å². The summed E-state index contributed by atoms with van der Waals surface area (Å²) in [5.41, 5.74) is 2.82. The molecule has 3 nitrogen and oxygen atoms in total. The minimum Gasteiger partial charge on any atom is -0.465 e. The van der Waals surface area contributed by atoms with Gasteiger partial charge in [0.05, 0.1) is 6.54 Å². The second-order valence-electron chi connectivity index (χ2n) is 6.37. The summed E-state index contributed by atoms with van der Waals surface area (Å²) in [7, 11) is 0. The van der Waals surface area contributed by atoms with E-state index in [-0.39, 0.29) is 0 Å². The van der Waals surface area contributed by atoms with Crippen molar-refractivity contribution in [3.63, 3.8) is 0 Å². The maximum Gasteiger partial charge on any atom is 0.118 e. The standard InChI is InChI=1S/C17H28N2O/c1-13(2)9-18-10-17-8-16(15(4)20-17)12-19-7-5-6-14(3)11-19/h6,8,13,18H,5,7,9-12H2,1-4H3. The highest BCUT2D eigenvalue weighted by Crippen LogP contribution is 2.19. The van der Waals surface area contributed by atoms with E-state index in [9.17, 15) is 0 Å². The molecule has 0 aliphatic carbocycles. The van der Waals surface area contributed by atoms with Gasteiger partial charge in [-0.3, -0.25) is 4.90 Å². The molecule has 1 N–H and O–H groups in total. The summed E-state index contributed by atoms with van der Waals surface area (Å²) in [4.78, 5) is 2.50. The average Bonchev–Trinajstić information content (AvgIpc) is 2.69. The van der Waals surface area contributed by atoms with Crippen molar-refractivity contribution in [2.45, 2.75) is 47.2 Å². The van der Waals surface area contributed by atoms with E-state index in [1.807, 2.05) is 0 Å². The lowest BCUT2D eigenvalue weighted by Crippen LogP contribution is -2.28. The molecule has 0 unspecified atom stereocenters. The van der Waals surface area contributed by atoms with E-state index in [2.05, 4.69) is 50.1 Å². The van der Waals surface area contributed by atoms with Crippen molar-refractivity contribution in [3.8, 4) is 0 Å². The predicted molar refractivity (Wildman–Crippen MR) is 83.6 cm³/mol. The van der Waals surface area contributed by atoms with Crippen LogP contribution in [-0.2, 0) is 13.1 Å². The highest BCUT2D eigenvalue weighted by molar-refractivity contribution is 5.21. The number of furan rings is 1. The lowest BCUT2D eigenvalue weighted by molar-refractivity contribution is 0.280. The van der Waals surface area contributed by atoms with E-state index in [0.717, 1.165) is 44.2 Å². The molecule has 0 saturated carbocycles. The van der Waals surface area contributed by atoms with Crippen molar-refractivity contribution < 1.29 is 4.42 Å². The third-order valence-electron chi connectivity index (χ3n) is 3.73. The first-order valence-electron chi connectivity index (χ1n) is 7.71. The highest BCUT2D eigenvalue weighted by Gasteiger charge is 2.14. The van der Waals surface area contributed by atoms with Gasteiger partial charge in [0, 0.05) is 25.2 Å². The van der Waals surface area contributed by atoms with Gasteiger partial charge in [0.25, 0.3) is 0 Å². The fourth-order valence-corrected chi connectivity index (χ4v) is 2.68. The minimum atomic E-state index is 0.675. The predicted octanol–water partition coefficient (Wildman–Crippen LogP) is 3.49. The molecule has 112 valence electrons. The van der Waals surface area contributed by atoms with Crippen LogP contribution in [0.15, 0.2) is 22.1 Å². The second kappa shape index (κ2) is 7.09. The molecule has 0 radical (unpaired) electrons. The summed E-state index contributed by atoms with van der Waals surface area (Å²) in [5.74, 6) is 2.80. The summed E-state index contributed by atoms with van der Waals surface area (Å²) in [6.07, 6.45) is 3.52. The Labute approximate surface area is 123 Å². The Morgan fingerprint density at radius 1 is 1.35 bits per heavy atom. The Bertz CT molecular complexity index is 460. The van der Waals surface area contributed by atoms with Crippen molar-refractivity contribution in [1.82, 2.24) is 10.2 Å². The average molecular weight is 276 g/mol. The molecular weight excluding hydrogens is 248 g/mol. The maximum atomic E-state index is 5.86. The fraction of sp³-hybridized carbons (Fsp3) is 0.647. The number of hydrogen-bond acceptors (Lipinski definition) is 3. The van der Waals surface area contributed by atoms with Gasteiger partial charge in [-0.05, 0) is 38.8 Å². The number of nitrogens with zero attached hydrogens (tertiary/aromatic N) is 1. The third-order valence-corrected chi connectivity index (χ3v) is 3.73. The number of hydrogen-bond donors (Lipinski definition) is 1. The van der Waals surface area contributed by atoms with Gasteiger partial charge in [-0.15, -0.1) is 0 Å². The number of nitrogens with one attached hydrogen (secondary N) is 1.